The number of benzene rings is 1. The summed E-state index contributed by atoms with van der Waals surface area (Å²) < 4.78 is 33.8. The van der Waals surface area contributed by atoms with Crippen molar-refractivity contribution in [2.24, 2.45) is 16.6 Å². The van der Waals surface area contributed by atoms with E-state index in [1.807, 2.05) is 27.8 Å². The van der Waals surface area contributed by atoms with Gasteiger partial charge < -0.3 is 15.8 Å². The summed E-state index contributed by atoms with van der Waals surface area (Å²) in [5.41, 5.74) is 12.9. The van der Waals surface area contributed by atoms with E-state index in [0.717, 1.165) is 0 Å². The number of hydrogen-bond donors (Lipinski definition) is 4. The highest BCUT2D eigenvalue weighted by molar-refractivity contribution is 7.89. The Morgan fingerprint density at radius 2 is 1.97 bits per heavy atom. The molecule has 1 aliphatic rings. The van der Waals surface area contributed by atoms with Crippen molar-refractivity contribution >= 4 is 15.9 Å². The van der Waals surface area contributed by atoms with Crippen molar-refractivity contribution in [3.8, 4) is 5.75 Å². The van der Waals surface area contributed by atoms with Crippen LogP contribution in [0, 0.1) is 5.92 Å². The van der Waals surface area contributed by atoms with Crippen molar-refractivity contribution in [1.82, 2.24) is 20.5 Å². The second kappa shape index (κ2) is 11.2. The number of piperazine rings is 1. The number of nitrogens with zero attached hydrogens (tertiary/aromatic N) is 2. The molecule has 176 valence electrons. The lowest BCUT2D eigenvalue weighted by molar-refractivity contribution is 0.263. The van der Waals surface area contributed by atoms with Gasteiger partial charge in [0.2, 0.25) is 10.0 Å². The summed E-state index contributed by atoms with van der Waals surface area (Å²) in [7, 11) is -1.84. The van der Waals surface area contributed by atoms with E-state index in [9.17, 15) is 8.42 Å². The first kappa shape index (κ1) is 25.5. The predicted octanol–water partition coefficient (Wildman–Crippen LogP) is 0.910. The van der Waals surface area contributed by atoms with E-state index in [1.165, 1.54) is 4.31 Å². The van der Waals surface area contributed by atoms with Crippen LogP contribution in [0.5, 0.6) is 5.75 Å². The Morgan fingerprint density at radius 3 is 2.55 bits per heavy atom. The number of nitrogens with one attached hydrogen (secondary N) is 3. The summed E-state index contributed by atoms with van der Waals surface area (Å²) in [4.78, 5) is 4.73. The number of hydrogen-bond acceptors (Lipinski definition) is 7. The monoisotopic (exact) mass is 454 g/mol. The Kier molecular flexibility index (Phi) is 9.26. The summed E-state index contributed by atoms with van der Waals surface area (Å²) in [6.07, 6.45) is 0. The first-order chi connectivity index (χ1) is 14.6. The van der Waals surface area contributed by atoms with Gasteiger partial charge in [0.15, 0.2) is 0 Å². The van der Waals surface area contributed by atoms with E-state index in [-0.39, 0.29) is 34.8 Å². The van der Waals surface area contributed by atoms with Gasteiger partial charge in [-0.15, -0.1) is 0 Å². The molecule has 1 heterocycles. The quantitative estimate of drug-likeness (QED) is 0.236. The van der Waals surface area contributed by atoms with Gasteiger partial charge in [0, 0.05) is 37.8 Å². The van der Waals surface area contributed by atoms with E-state index in [2.05, 4.69) is 35.0 Å². The van der Waals surface area contributed by atoms with Crippen LogP contribution in [0.2, 0.25) is 0 Å². The number of aliphatic imine (C=N–C) groups is 1. The summed E-state index contributed by atoms with van der Waals surface area (Å²) in [6.45, 7) is 11.8. The lowest BCUT2D eigenvalue weighted by atomic mass is 10.0. The minimum atomic E-state index is -3.66. The first-order valence-electron chi connectivity index (χ1n) is 10.9. The molecule has 0 saturated carbocycles. The maximum absolute atomic E-state index is 13.3. The van der Waals surface area contributed by atoms with Crippen molar-refractivity contribution in [1.29, 1.82) is 0 Å². The van der Waals surface area contributed by atoms with Gasteiger partial charge in [0.1, 0.15) is 11.6 Å². The topological polar surface area (TPSA) is 121 Å². The molecular formula is C21H38N6O3S. The third-order valence-corrected chi connectivity index (χ3v) is 7.29. The molecule has 1 aromatic rings. The fraction of sp³-hybridized carbons (Fsp3) is 0.667. The van der Waals surface area contributed by atoms with E-state index in [4.69, 9.17) is 10.5 Å². The molecule has 1 aliphatic heterocycles. The van der Waals surface area contributed by atoms with Crippen molar-refractivity contribution in [2.45, 2.75) is 57.6 Å². The Balaban J connectivity index is 2.34. The number of amidine groups is 1. The number of nitrogens with two attached hydrogens (primary N) is 1. The fourth-order valence-electron chi connectivity index (χ4n) is 3.63. The van der Waals surface area contributed by atoms with Crippen molar-refractivity contribution in [2.75, 3.05) is 33.3 Å². The summed E-state index contributed by atoms with van der Waals surface area (Å²) >= 11 is 0. The highest BCUT2D eigenvalue weighted by atomic mass is 32.2. The van der Waals surface area contributed by atoms with Gasteiger partial charge >= 0.3 is 0 Å². The maximum atomic E-state index is 13.3. The second-order valence-electron chi connectivity index (χ2n) is 8.27. The fourth-order valence-corrected chi connectivity index (χ4v) is 5.27. The van der Waals surface area contributed by atoms with Crippen LogP contribution < -0.4 is 26.6 Å². The molecule has 0 bridgehead atoms. The van der Waals surface area contributed by atoms with Crippen LogP contribution in [-0.4, -0.2) is 70.0 Å². The highest BCUT2D eigenvalue weighted by Crippen LogP contribution is 2.26. The van der Waals surface area contributed by atoms with Gasteiger partial charge in [-0.25, -0.2) is 8.42 Å². The van der Waals surface area contributed by atoms with Gasteiger partial charge in [0.25, 0.3) is 0 Å². The Labute approximate surface area is 186 Å². The lowest BCUT2D eigenvalue weighted by Crippen LogP contribution is -2.55. The molecule has 1 saturated heterocycles. The lowest BCUT2D eigenvalue weighted by Gasteiger charge is -2.35. The molecule has 0 amide bonds. The molecule has 1 aromatic carbocycles. The summed E-state index contributed by atoms with van der Waals surface area (Å²) in [5, 5.41) is 3.36. The minimum absolute atomic E-state index is 0.0852. The largest absolute Gasteiger partial charge is 0.493 e. The van der Waals surface area contributed by atoms with Crippen molar-refractivity contribution in [3.63, 3.8) is 0 Å². The summed E-state index contributed by atoms with van der Waals surface area (Å²) in [5.74, 6) is 1.02. The van der Waals surface area contributed by atoms with Gasteiger partial charge in [-0.1, -0.05) is 6.92 Å². The van der Waals surface area contributed by atoms with Gasteiger partial charge in [-0.05, 0) is 58.9 Å². The smallest absolute Gasteiger partial charge is 0.243 e. The summed E-state index contributed by atoms with van der Waals surface area (Å²) in [6, 6.07) is 5.19. The van der Waals surface area contributed by atoms with Crippen LogP contribution >= 0.6 is 0 Å². The predicted molar refractivity (Wildman–Crippen MR) is 125 cm³/mol. The van der Waals surface area contributed by atoms with Crippen LogP contribution in [-0.2, 0) is 10.0 Å². The number of rotatable bonds is 10. The molecule has 0 aromatic heterocycles. The van der Waals surface area contributed by atoms with Crippen LogP contribution in [0.1, 0.15) is 40.2 Å². The van der Waals surface area contributed by atoms with Gasteiger partial charge in [0.05, 0.1) is 17.1 Å². The van der Waals surface area contributed by atoms with E-state index < -0.39 is 10.0 Å². The first-order valence-corrected chi connectivity index (χ1v) is 12.3. The van der Waals surface area contributed by atoms with Crippen LogP contribution in [0.4, 0.5) is 0 Å². The zero-order valence-corrected chi connectivity index (χ0v) is 20.3. The molecule has 10 heteroatoms. The van der Waals surface area contributed by atoms with E-state index >= 15 is 0 Å². The zero-order chi connectivity index (χ0) is 23.2. The Morgan fingerprint density at radius 1 is 1.32 bits per heavy atom. The van der Waals surface area contributed by atoms with Crippen molar-refractivity contribution < 1.29 is 13.2 Å². The van der Waals surface area contributed by atoms with Crippen LogP contribution in [0.3, 0.4) is 0 Å². The minimum Gasteiger partial charge on any atom is -0.493 e. The number of hydrazine groups is 1. The van der Waals surface area contributed by atoms with Gasteiger partial charge in [-0.2, -0.15) is 4.31 Å². The molecule has 9 nitrogen and oxygen atoms in total. The molecule has 4 atom stereocenters. The average molecular weight is 455 g/mol. The van der Waals surface area contributed by atoms with Gasteiger partial charge in [-0.3, -0.25) is 15.8 Å². The molecule has 0 spiro atoms. The molecule has 0 aliphatic carbocycles. The molecule has 31 heavy (non-hydrogen) atoms. The highest BCUT2D eigenvalue weighted by Gasteiger charge is 2.32. The third kappa shape index (κ3) is 6.63. The van der Waals surface area contributed by atoms with Crippen molar-refractivity contribution in [3.05, 3.63) is 23.8 Å². The zero-order valence-electron chi connectivity index (χ0n) is 19.5. The standard InChI is InChI=1S/C21H38N6O3S/c1-7-30-20-9-8-18(31(28,29)27-12-15(3)25-16(4)13-27)10-19(20)21(22)24-11-14(2)17(5)26-23-6/h8-10,14-17,23,25-26H,7,11-13H2,1-6H3,(H2,22,24)/t14?,15-,16+,17-/m0/s1. The number of ether oxygens (including phenoxy) is 1. The van der Waals surface area contributed by atoms with Crippen LogP contribution in [0.25, 0.3) is 0 Å². The molecule has 1 fully saturated rings. The normalized spacial score (nSPS) is 22.8. The molecule has 1 unspecified atom stereocenters. The molecule has 2 rings (SSSR count). The molecule has 0 radical (unpaired) electrons. The third-order valence-electron chi connectivity index (χ3n) is 5.46. The Bertz CT molecular complexity index is 851. The van der Waals surface area contributed by atoms with E-state index in [1.54, 1.807) is 18.2 Å². The molecular weight excluding hydrogens is 416 g/mol. The Hall–Kier alpha value is -1.72. The SMILES string of the molecule is CCOc1ccc(S(=O)(=O)N2C[C@@H](C)N[C@@H](C)C2)cc1C(N)=NCC(C)[C@H](C)NNC. The second-order valence-corrected chi connectivity index (χ2v) is 10.2. The number of sulfonamides is 1. The van der Waals surface area contributed by atoms with Crippen LogP contribution in [0.15, 0.2) is 28.1 Å². The molecule has 5 N–H and O–H groups in total. The average Bonchev–Trinajstić information content (AvgIpc) is 2.71. The van der Waals surface area contributed by atoms with E-state index in [0.29, 0.717) is 37.6 Å². The maximum Gasteiger partial charge on any atom is 0.243 e.